The fourth-order valence-electron chi connectivity index (χ4n) is 3.26. The van der Waals surface area contributed by atoms with Crippen molar-refractivity contribution in [2.75, 3.05) is 5.32 Å². The lowest BCUT2D eigenvalue weighted by atomic mass is 9.81. The second-order valence-electron chi connectivity index (χ2n) is 6.80. The first-order valence-electron chi connectivity index (χ1n) is 8.90. The maximum atomic E-state index is 12.5. The fraction of sp³-hybridized carbons (Fsp3) is 0.400. The van der Waals surface area contributed by atoms with E-state index < -0.39 is 0 Å². The summed E-state index contributed by atoms with van der Waals surface area (Å²) in [4.78, 5) is 24.7. The van der Waals surface area contributed by atoms with Gasteiger partial charge in [0.25, 0.3) is 0 Å². The number of aryl methyl sites for hydroxylation is 1. The number of hydrogen-bond donors (Lipinski definition) is 2. The first kappa shape index (κ1) is 18.5. The van der Waals surface area contributed by atoms with Crippen molar-refractivity contribution in [2.24, 2.45) is 11.8 Å². The number of anilines is 1. The van der Waals surface area contributed by atoms with E-state index >= 15 is 0 Å². The fourth-order valence-corrected chi connectivity index (χ4v) is 3.45. The zero-order chi connectivity index (χ0) is 18.5. The maximum Gasteiger partial charge on any atom is 0.227 e. The van der Waals surface area contributed by atoms with E-state index in [0.717, 1.165) is 24.2 Å². The highest BCUT2D eigenvalue weighted by Crippen LogP contribution is 2.30. The standard InChI is InChI=1S/C20H23ClN2O3/c1-13-4-9-16(11-18(13)21)23-20(25)15-7-5-14(6-8-15)19(24)22-12-17-3-2-10-26-17/h2-4,9-11,14-15H,5-8,12H2,1H3,(H,22,24)(H,23,25). The lowest BCUT2D eigenvalue weighted by Gasteiger charge is -2.27. The van der Waals surface area contributed by atoms with Crippen molar-refractivity contribution in [3.05, 3.63) is 52.9 Å². The van der Waals surface area contributed by atoms with Gasteiger partial charge in [0.1, 0.15) is 5.76 Å². The van der Waals surface area contributed by atoms with Gasteiger partial charge in [0, 0.05) is 22.5 Å². The minimum Gasteiger partial charge on any atom is -0.467 e. The SMILES string of the molecule is Cc1ccc(NC(=O)C2CCC(C(=O)NCc3ccco3)CC2)cc1Cl. The second-order valence-corrected chi connectivity index (χ2v) is 7.21. The van der Waals surface area contributed by atoms with Crippen LogP contribution >= 0.6 is 11.6 Å². The number of nitrogens with one attached hydrogen (secondary N) is 2. The molecule has 0 aliphatic heterocycles. The summed E-state index contributed by atoms with van der Waals surface area (Å²) in [5.74, 6) is 0.667. The molecule has 5 nitrogen and oxygen atoms in total. The molecule has 1 aliphatic carbocycles. The van der Waals surface area contributed by atoms with Gasteiger partial charge in [0.2, 0.25) is 11.8 Å². The molecule has 0 bridgehead atoms. The molecular weight excluding hydrogens is 352 g/mol. The van der Waals surface area contributed by atoms with Crippen molar-refractivity contribution in [3.63, 3.8) is 0 Å². The Morgan fingerprint density at radius 2 is 1.81 bits per heavy atom. The number of rotatable bonds is 5. The Morgan fingerprint density at radius 1 is 1.12 bits per heavy atom. The summed E-state index contributed by atoms with van der Waals surface area (Å²) in [7, 11) is 0. The maximum absolute atomic E-state index is 12.5. The minimum atomic E-state index is -0.0656. The lowest BCUT2D eigenvalue weighted by Crippen LogP contribution is -2.35. The molecule has 1 saturated carbocycles. The zero-order valence-corrected chi connectivity index (χ0v) is 15.5. The third-order valence-corrected chi connectivity index (χ3v) is 5.33. The first-order chi connectivity index (χ1) is 12.5. The van der Waals surface area contributed by atoms with Gasteiger partial charge in [0.15, 0.2) is 0 Å². The Bertz CT molecular complexity index is 765. The van der Waals surface area contributed by atoms with Crippen LogP contribution in [-0.2, 0) is 16.1 Å². The Morgan fingerprint density at radius 3 is 2.42 bits per heavy atom. The van der Waals surface area contributed by atoms with Crippen molar-refractivity contribution in [1.29, 1.82) is 0 Å². The molecule has 1 heterocycles. The van der Waals surface area contributed by atoms with Crippen molar-refractivity contribution < 1.29 is 14.0 Å². The van der Waals surface area contributed by atoms with Crippen LogP contribution in [0, 0.1) is 18.8 Å². The summed E-state index contributed by atoms with van der Waals surface area (Å²) < 4.78 is 5.22. The summed E-state index contributed by atoms with van der Waals surface area (Å²) >= 11 is 6.10. The first-order valence-corrected chi connectivity index (χ1v) is 9.28. The molecule has 1 aromatic carbocycles. The molecule has 0 unspecified atom stereocenters. The second kappa shape index (κ2) is 8.41. The van der Waals surface area contributed by atoms with Gasteiger partial charge >= 0.3 is 0 Å². The van der Waals surface area contributed by atoms with Crippen molar-refractivity contribution >= 4 is 29.1 Å². The molecule has 0 saturated heterocycles. The largest absolute Gasteiger partial charge is 0.467 e. The molecule has 0 radical (unpaired) electrons. The predicted molar refractivity (Wildman–Crippen MR) is 101 cm³/mol. The third kappa shape index (κ3) is 4.67. The van der Waals surface area contributed by atoms with Gasteiger partial charge in [-0.2, -0.15) is 0 Å². The van der Waals surface area contributed by atoms with Crippen LogP contribution in [0.3, 0.4) is 0 Å². The van der Waals surface area contributed by atoms with E-state index in [1.165, 1.54) is 0 Å². The number of halogens is 1. The quantitative estimate of drug-likeness (QED) is 0.819. The lowest BCUT2D eigenvalue weighted by molar-refractivity contribution is -0.128. The minimum absolute atomic E-state index is 0.000589. The third-order valence-electron chi connectivity index (χ3n) is 4.93. The van der Waals surface area contributed by atoms with Crippen LogP contribution in [0.2, 0.25) is 5.02 Å². The van der Waals surface area contributed by atoms with Gasteiger partial charge in [-0.05, 0) is 62.4 Å². The smallest absolute Gasteiger partial charge is 0.227 e. The number of furan rings is 1. The van der Waals surface area contributed by atoms with Gasteiger partial charge in [-0.25, -0.2) is 0 Å². The predicted octanol–water partition coefficient (Wildman–Crippen LogP) is 4.30. The molecule has 0 atom stereocenters. The van der Waals surface area contributed by atoms with Gasteiger partial charge in [-0.3, -0.25) is 9.59 Å². The average Bonchev–Trinajstić information content (AvgIpc) is 3.16. The van der Waals surface area contributed by atoms with Crippen LogP contribution in [0.5, 0.6) is 0 Å². The zero-order valence-electron chi connectivity index (χ0n) is 14.8. The van der Waals surface area contributed by atoms with E-state index in [2.05, 4.69) is 10.6 Å². The molecule has 2 N–H and O–H groups in total. The highest BCUT2D eigenvalue weighted by Gasteiger charge is 2.30. The van der Waals surface area contributed by atoms with Gasteiger partial charge in [0.05, 0.1) is 12.8 Å². The van der Waals surface area contributed by atoms with Crippen LogP contribution in [-0.4, -0.2) is 11.8 Å². The number of carbonyl (C=O) groups excluding carboxylic acids is 2. The Hall–Kier alpha value is -2.27. The van der Waals surface area contributed by atoms with Gasteiger partial charge < -0.3 is 15.1 Å². The molecule has 2 aromatic rings. The van der Waals surface area contributed by atoms with Crippen LogP contribution in [0.25, 0.3) is 0 Å². The van der Waals surface area contributed by atoms with E-state index in [9.17, 15) is 9.59 Å². The molecule has 1 fully saturated rings. The Balaban J connectivity index is 1.45. The van der Waals surface area contributed by atoms with Crippen LogP contribution in [0.15, 0.2) is 41.0 Å². The van der Waals surface area contributed by atoms with E-state index in [4.69, 9.17) is 16.0 Å². The van der Waals surface area contributed by atoms with Crippen LogP contribution in [0.4, 0.5) is 5.69 Å². The average molecular weight is 375 g/mol. The molecule has 6 heteroatoms. The number of carbonyl (C=O) groups is 2. The molecule has 26 heavy (non-hydrogen) atoms. The van der Waals surface area contributed by atoms with E-state index in [1.807, 2.05) is 25.1 Å². The van der Waals surface area contributed by atoms with E-state index in [1.54, 1.807) is 18.4 Å². The molecular formula is C20H23ClN2O3. The van der Waals surface area contributed by atoms with E-state index in [0.29, 0.717) is 30.1 Å². The molecule has 0 spiro atoms. The molecule has 3 rings (SSSR count). The summed E-state index contributed by atoms with van der Waals surface area (Å²) in [5.41, 5.74) is 1.69. The van der Waals surface area contributed by atoms with Crippen molar-refractivity contribution in [1.82, 2.24) is 5.32 Å². The molecule has 1 aliphatic rings. The Labute approximate surface area is 158 Å². The molecule has 138 valence electrons. The Kier molecular flexibility index (Phi) is 5.99. The summed E-state index contributed by atoms with van der Waals surface area (Å²) in [6, 6.07) is 9.14. The highest BCUT2D eigenvalue weighted by molar-refractivity contribution is 6.31. The highest BCUT2D eigenvalue weighted by atomic mass is 35.5. The number of hydrogen-bond acceptors (Lipinski definition) is 3. The topological polar surface area (TPSA) is 71.3 Å². The van der Waals surface area contributed by atoms with Crippen molar-refractivity contribution in [3.8, 4) is 0 Å². The van der Waals surface area contributed by atoms with Gasteiger partial charge in [-0.1, -0.05) is 17.7 Å². The number of benzene rings is 1. The number of amides is 2. The van der Waals surface area contributed by atoms with Gasteiger partial charge in [-0.15, -0.1) is 0 Å². The van der Waals surface area contributed by atoms with E-state index in [-0.39, 0.29) is 23.7 Å². The van der Waals surface area contributed by atoms with Crippen LogP contribution < -0.4 is 10.6 Å². The van der Waals surface area contributed by atoms with Crippen molar-refractivity contribution in [2.45, 2.75) is 39.2 Å². The van der Waals surface area contributed by atoms with Crippen LogP contribution in [0.1, 0.15) is 37.0 Å². The summed E-state index contributed by atoms with van der Waals surface area (Å²) in [5, 5.41) is 6.47. The normalized spacial score (nSPS) is 19.8. The monoisotopic (exact) mass is 374 g/mol. The summed E-state index contributed by atoms with van der Waals surface area (Å²) in [6.45, 7) is 2.33. The molecule has 1 aromatic heterocycles. The summed E-state index contributed by atoms with van der Waals surface area (Å²) in [6.07, 6.45) is 4.45. The molecule has 2 amide bonds.